The van der Waals surface area contributed by atoms with Gasteiger partial charge in [0.05, 0.1) is 17.7 Å². The summed E-state index contributed by atoms with van der Waals surface area (Å²) in [6.45, 7) is 9.56. The maximum absolute atomic E-state index is 6.36. The van der Waals surface area contributed by atoms with Crippen LogP contribution in [0.4, 0.5) is 5.95 Å². The minimum absolute atomic E-state index is 0.0184. The van der Waals surface area contributed by atoms with Crippen LogP contribution < -0.4 is 14.8 Å². The number of ether oxygens (including phenoxy) is 2. The van der Waals surface area contributed by atoms with E-state index in [2.05, 4.69) is 20.8 Å². The second-order valence-electron chi connectivity index (χ2n) is 5.18. The molecule has 0 saturated carbocycles. The number of benzene rings is 1. The number of nitrogens with one attached hydrogen (secondary N) is 1. The van der Waals surface area contributed by atoms with E-state index in [1.54, 1.807) is 4.68 Å². The lowest BCUT2D eigenvalue weighted by Gasteiger charge is -2.17. The van der Waals surface area contributed by atoms with E-state index in [-0.39, 0.29) is 6.10 Å². The minimum atomic E-state index is 0.0184. The van der Waals surface area contributed by atoms with Crippen LogP contribution in [0, 0.1) is 0 Å². The molecule has 8 heteroatoms. The number of aryl methyl sites for hydroxylation is 1. The third-order valence-electron chi connectivity index (χ3n) is 3.00. The van der Waals surface area contributed by atoms with Crippen molar-refractivity contribution >= 4 is 17.5 Å². The first kappa shape index (κ1) is 17.3. The largest absolute Gasteiger partial charge is 0.490 e. The first-order valence-electron chi connectivity index (χ1n) is 7.67. The Labute approximate surface area is 140 Å². The average molecular weight is 340 g/mol. The molecule has 0 bridgehead atoms. The smallest absolute Gasteiger partial charge is 0.243 e. The van der Waals surface area contributed by atoms with Crippen LogP contribution in [0.15, 0.2) is 12.1 Å². The van der Waals surface area contributed by atoms with Crippen LogP contribution in [-0.2, 0) is 13.1 Å². The monoisotopic (exact) mass is 339 g/mol. The summed E-state index contributed by atoms with van der Waals surface area (Å²) in [5, 5.41) is 15.2. The maximum atomic E-state index is 6.36. The molecule has 0 spiro atoms. The Balaban J connectivity index is 2.19. The fourth-order valence-corrected chi connectivity index (χ4v) is 2.34. The summed E-state index contributed by atoms with van der Waals surface area (Å²) in [4.78, 5) is 0. The van der Waals surface area contributed by atoms with Crippen molar-refractivity contribution in [2.75, 3.05) is 11.9 Å². The van der Waals surface area contributed by atoms with Crippen molar-refractivity contribution in [3.8, 4) is 11.5 Å². The molecule has 0 unspecified atom stereocenters. The van der Waals surface area contributed by atoms with Crippen LogP contribution in [0.5, 0.6) is 11.5 Å². The molecule has 0 aliphatic heterocycles. The molecular formula is C15H22ClN5O2. The molecule has 0 aliphatic rings. The van der Waals surface area contributed by atoms with E-state index >= 15 is 0 Å². The van der Waals surface area contributed by atoms with Crippen molar-refractivity contribution in [1.29, 1.82) is 0 Å². The number of rotatable bonds is 8. The fraction of sp³-hybridized carbons (Fsp3) is 0.533. The molecule has 1 aromatic carbocycles. The summed E-state index contributed by atoms with van der Waals surface area (Å²) in [6, 6.07) is 3.77. The topological polar surface area (TPSA) is 74.1 Å². The van der Waals surface area contributed by atoms with Crippen molar-refractivity contribution in [1.82, 2.24) is 20.2 Å². The molecule has 2 rings (SSSR count). The molecular weight excluding hydrogens is 318 g/mol. The molecule has 0 saturated heterocycles. The standard InChI is InChI=1S/C15H22ClN5O2/c1-5-21-15(18-19-20-21)17-9-11-7-12(16)14(23-10(3)4)13(8-11)22-6-2/h7-8,10H,5-6,9H2,1-4H3,(H,17,18,20). The van der Waals surface area contributed by atoms with Gasteiger partial charge in [-0.05, 0) is 55.8 Å². The Hall–Kier alpha value is -2.02. The molecule has 1 N–H and O–H groups in total. The van der Waals surface area contributed by atoms with Crippen molar-refractivity contribution < 1.29 is 9.47 Å². The zero-order valence-corrected chi connectivity index (χ0v) is 14.6. The number of nitrogens with zero attached hydrogens (tertiary/aromatic N) is 4. The van der Waals surface area contributed by atoms with E-state index in [4.69, 9.17) is 21.1 Å². The zero-order chi connectivity index (χ0) is 16.8. The van der Waals surface area contributed by atoms with Crippen molar-refractivity contribution in [2.45, 2.75) is 46.9 Å². The Morgan fingerprint density at radius 1 is 1.30 bits per heavy atom. The zero-order valence-electron chi connectivity index (χ0n) is 13.8. The van der Waals surface area contributed by atoms with E-state index < -0.39 is 0 Å². The Kier molecular flexibility index (Phi) is 6.04. The first-order chi connectivity index (χ1) is 11.0. The fourth-order valence-electron chi connectivity index (χ4n) is 2.06. The first-order valence-corrected chi connectivity index (χ1v) is 8.04. The van der Waals surface area contributed by atoms with Gasteiger partial charge < -0.3 is 14.8 Å². The highest BCUT2D eigenvalue weighted by molar-refractivity contribution is 6.32. The van der Waals surface area contributed by atoms with Gasteiger partial charge in [-0.15, -0.1) is 0 Å². The van der Waals surface area contributed by atoms with Gasteiger partial charge in [0.2, 0.25) is 5.95 Å². The predicted molar refractivity (Wildman–Crippen MR) is 89.2 cm³/mol. The third kappa shape index (κ3) is 4.48. The second-order valence-corrected chi connectivity index (χ2v) is 5.58. The molecule has 0 aliphatic carbocycles. The van der Waals surface area contributed by atoms with E-state index in [0.717, 1.165) is 5.56 Å². The van der Waals surface area contributed by atoms with Crippen molar-refractivity contribution in [3.05, 3.63) is 22.7 Å². The molecule has 0 radical (unpaired) electrons. The van der Waals surface area contributed by atoms with E-state index in [1.807, 2.05) is 39.8 Å². The van der Waals surface area contributed by atoms with Gasteiger partial charge in [0, 0.05) is 13.1 Å². The Bertz CT molecular complexity index is 645. The molecule has 126 valence electrons. The van der Waals surface area contributed by atoms with Crippen molar-refractivity contribution in [3.63, 3.8) is 0 Å². The van der Waals surface area contributed by atoms with Gasteiger partial charge in [-0.2, -0.15) is 0 Å². The summed E-state index contributed by atoms with van der Waals surface area (Å²) in [7, 11) is 0. The van der Waals surface area contributed by atoms with Crippen LogP contribution in [0.3, 0.4) is 0 Å². The van der Waals surface area contributed by atoms with E-state index in [9.17, 15) is 0 Å². The summed E-state index contributed by atoms with van der Waals surface area (Å²) < 4.78 is 13.1. The molecule has 2 aromatic rings. The quantitative estimate of drug-likeness (QED) is 0.796. The summed E-state index contributed by atoms with van der Waals surface area (Å²) in [6.07, 6.45) is 0.0184. The van der Waals surface area contributed by atoms with Crippen LogP contribution in [0.2, 0.25) is 5.02 Å². The lowest BCUT2D eigenvalue weighted by Crippen LogP contribution is -2.10. The van der Waals surface area contributed by atoms with Crippen LogP contribution in [0.1, 0.15) is 33.3 Å². The second kappa shape index (κ2) is 8.01. The van der Waals surface area contributed by atoms with Crippen molar-refractivity contribution in [2.24, 2.45) is 0 Å². The van der Waals surface area contributed by atoms with E-state index in [1.165, 1.54) is 0 Å². The van der Waals surface area contributed by atoms with Gasteiger partial charge >= 0.3 is 0 Å². The molecule has 23 heavy (non-hydrogen) atoms. The predicted octanol–water partition coefficient (Wildman–Crippen LogP) is 3.14. The number of aromatic nitrogens is 4. The normalized spacial score (nSPS) is 10.9. The third-order valence-corrected chi connectivity index (χ3v) is 3.29. The molecule has 0 fully saturated rings. The summed E-state index contributed by atoms with van der Waals surface area (Å²) in [5.41, 5.74) is 0.959. The molecule has 0 amide bonds. The lowest BCUT2D eigenvalue weighted by molar-refractivity contribution is 0.224. The number of hydrogen-bond donors (Lipinski definition) is 1. The summed E-state index contributed by atoms with van der Waals surface area (Å²) in [5.74, 6) is 1.83. The highest BCUT2D eigenvalue weighted by Gasteiger charge is 2.14. The number of hydrogen-bond acceptors (Lipinski definition) is 6. The molecule has 1 aromatic heterocycles. The van der Waals surface area contributed by atoms with Gasteiger partial charge in [-0.3, -0.25) is 0 Å². The SMILES string of the molecule is CCOc1cc(CNc2nnnn2CC)cc(Cl)c1OC(C)C. The lowest BCUT2D eigenvalue weighted by atomic mass is 10.2. The summed E-state index contributed by atoms with van der Waals surface area (Å²) >= 11 is 6.36. The highest BCUT2D eigenvalue weighted by atomic mass is 35.5. The van der Waals surface area contributed by atoms with Crippen LogP contribution >= 0.6 is 11.6 Å². The van der Waals surface area contributed by atoms with E-state index in [0.29, 0.717) is 42.2 Å². The van der Waals surface area contributed by atoms with Gasteiger partial charge in [-0.1, -0.05) is 16.7 Å². The van der Waals surface area contributed by atoms with Gasteiger partial charge in [0.25, 0.3) is 0 Å². The molecule has 0 atom stereocenters. The molecule has 7 nitrogen and oxygen atoms in total. The maximum Gasteiger partial charge on any atom is 0.243 e. The van der Waals surface area contributed by atoms with Crippen LogP contribution in [-0.4, -0.2) is 32.9 Å². The number of halogens is 1. The number of tetrazole rings is 1. The average Bonchev–Trinajstić information content (AvgIpc) is 2.96. The van der Waals surface area contributed by atoms with Gasteiger partial charge in [0.1, 0.15) is 0 Å². The van der Waals surface area contributed by atoms with Gasteiger partial charge in [0.15, 0.2) is 11.5 Å². The highest BCUT2D eigenvalue weighted by Crippen LogP contribution is 2.37. The Morgan fingerprint density at radius 2 is 2.09 bits per heavy atom. The Morgan fingerprint density at radius 3 is 2.74 bits per heavy atom. The van der Waals surface area contributed by atoms with Gasteiger partial charge in [-0.25, -0.2) is 4.68 Å². The molecule has 1 heterocycles. The van der Waals surface area contributed by atoms with Crippen LogP contribution in [0.25, 0.3) is 0 Å². The number of anilines is 1. The minimum Gasteiger partial charge on any atom is -0.490 e.